The van der Waals surface area contributed by atoms with Crippen LogP contribution >= 0.6 is 11.6 Å². The summed E-state index contributed by atoms with van der Waals surface area (Å²) < 4.78 is 11.4. The average Bonchev–Trinajstić information content (AvgIpc) is 3.35. The Balaban J connectivity index is 1.36. The van der Waals surface area contributed by atoms with Gasteiger partial charge in [-0.2, -0.15) is 0 Å². The minimum atomic E-state index is -0.974. The van der Waals surface area contributed by atoms with Gasteiger partial charge in [-0.1, -0.05) is 29.8 Å². The molecule has 2 aromatic carbocycles. The summed E-state index contributed by atoms with van der Waals surface area (Å²) in [7, 11) is 0. The highest BCUT2D eigenvalue weighted by atomic mass is 35.5. The van der Waals surface area contributed by atoms with Gasteiger partial charge in [0.15, 0.2) is 5.78 Å². The molecule has 0 radical (unpaired) electrons. The molecule has 2 aliphatic rings. The van der Waals surface area contributed by atoms with E-state index in [0.29, 0.717) is 64.5 Å². The quantitative estimate of drug-likeness (QED) is 0.286. The molecule has 1 amide bonds. The van der Waals surface area contributed by atoms with Gasteiger partial charge < -0.3 is 30.2 Å². The van der Waals surface area contributed by atoms with Crippen molar-refractivity contribution in [2.24, 2.45) is 0 Å². The van der Waals surface area contributed by atoms with Gasteiger partial charge in [0.25, 0.3) is 0 Å². The maximum absolute atomic E-state index is 13.7. The number of halogens is 1. The van der Waals surface area contributed by atoms with E-state index in [9.17, 15) is 14.7 Å². The smallest absolute Gasteiger partial charge is 0.250 e. The summed E-state index contributed by atoms with van der Waals surface area (Å²) in [5.74, 6) is 0.648. The van der Waals surface area contributed by atoms with Crippen molar-refractivity contribution in [3.8, 4) is 11.5 Å². The standard InChI is InChI=1S/C27H23ClN4O5/c28-20-10-16(37-15-4-2-1-3-5-15)6-7-18(20)24(34)19-12-29-25-22(19)23-21(13-30-25)31-26(35)27(32-23)8-9-36-17(11-27)14-33/h1-7,10,12-13,17,32-33H,8-9,11,14H2,(H,29,30)(H,31,35). The number of carbonyl (C=O) groups excluding carboxylic acids is 2. The number of nitrogens with one attached hydrogen (secondary N) is 3. The Morgan fingerprint density at radius 1 is 1.19 bits per heavy atom. The molecule has 1 fully saturated rings. The van der Waals surface area contributed by atoms with Gasteiger partial charge in [-0.3, -0.25) is 9.59 Å². The number of rotatable bonds is 5. The number of pyridine rings is 1. The molecule has 6 rings (SSSR count). The number of hydrogen-bond donors (Lipinski definition) is 4. The fraction of sp³-hybridized carbons (Fsp3) is 0.222. The molecule has 2 atom stereocenters. The summed E-state index contributed by atoms with van der Waals surface area (Å²) in [5.41, 5.74) is 1.25. The summed E-state index contributed by atoms with van der Waals surface area (Å²) in [6.07, 6.45) is 3.39. The van der Waals surface area contributed by atoms with Crippen molar-refractivity contribution in [3.05, 3.63) is 77.1 Å². The Bertz CT molecular complexity index is 1520. The zero-order chi connectivity index (χ0) is 25.6. The zero-order valence-corrected chi connectivity index (χ0v) is 20.3. The number of carbonyl (C=O) groups is 2. The summed E-state index contributed by atoms with van der Waals surface area (Å²) in [6.45, 7) is 0.132. The minimum Gasteiger partial charge on any atom is -0.457 e. The van der Waals surface area contributed by atoms with E-state index in [0.717, 1.165) is 0 Å². The molecule has 4 heterocycles. The lowest BCUT2D eigenvalue weighted by Crippen LogP contribution is -2.58. The third-order valence-corrected chi connectivity index (χ3v) is 7.13. The van der Waals surface area contributed by atoms with E-state index >= 15 is 0 Å². The predicted octanol–water partition coefficient (Wildman–Crippen LogP) is 4.51. The molecule has 188 valence electrons. The molecule has 1 spiro atoms. The van der Waals surface area contributed by atoms with Crippen LogP contribution in [-0.4, -0.2) is 51.6 Å². The first-order chi connectivity index (χ1) is 18.0. The number of H-pyrrole nitrogens is 1. The molecule has 37 heavy (non-hydrogen) atoms. The molecular formula is C27H23ClN4O5. The minimum absolute atomic E-state index is 0.189. The largest absolute Gasteiger partial charge is 0.457 e. The van der Waals surface area contributed by atoms with E-state index in [1.54, 1.807) is 30.6 Å². The summed E-state index contributed by atoms with van der Waals surface area (Å²) in [5, 5.41) is 16.7. The molecule has 2 aliphatic heterocycles. The van der Waals surface area contributed by atoms with Gasteiger partial charge in [0, 0.05) is 37.3 Å². The molecule has 9 nitrogen and oxygen atoms in total. The van der Waals surface area contributed by atoms with Gasteiger partial charge in [-0.05, 0) is 24.3 Å². The average molecular weight is 519 g/mol. The van der Waals surface area contributed by atoms with Crippen molar-refractivity contribution in [2.75, 3.05) is 23.8 Å². The second-order valence-corrected chi connectivity index (χ2v) is 9.56. The Labute approximate surface area is 216 Å². The molecule has 0 bridgehead atoms. The molecule has 0 aliphatic carbocycles. The number of aliphatic hydroxyl groups excluding tert-OH is 1. The number of ether oxygens (including phenoxy) is 2. The van der Waals surface area contributed by atoms with Crippen LogP contribution in [0.1, 0.15) is 28.8 Å². The zero-order valence-electron chi connectivity index (χ0n) is 19.6. The normalized spacial score (nSPS) is 20.8. The first kappa shape index (κ1) is 23.5. The predicted molar refractivity (Wildman–Crippen MR) is 139 cm³/mol. The van der Waals surface area contributed by atoms with Crippen LogP contribution in [-0.2, 0) is 9.53 Å². The van der Waals surface area contributed by atoms with Crippen LogP contribution in [0.2, 0.25) is 5.02 Å². The van der Waals surface area contributed by atoms with Crippen LogP contribution in [0.3, 0.4) is 0 Å². The number of nitrogens with zero attached hydrogens (tertiary/aromatic N) is 1. The second kappa shape index (κ2) is 9.19. The number of benzene rings is 2. The highest BCUT2D eigenvalue weighted by molar-refractivity contribution is 6.36. The van der Waals surface area contributed by atoms with Crippen LogP contribution in [0.5, 0.6) is 11.5 Å². The SMILES string of the molecule is O=C(c1ccc(Oc2ccccc2)cc1Cl)c1c[nH]c2ncc3c(c12)NC1(CCOC(CO)C1)C(=O)N3. The highest BCUT2D eigenvalue weighted by Gasteiger charge is 2.47. The first-order valence-electron chi connectivity index (χ1n) is 11.9. The van der Waals surface area contributed by atoms with E-state index in [4.69, 9.17) is 21.1 Å². The number of amides is 1. The Kier molecular flexibility index (Phi) is 5.83. The van der Waals surface area contributed by atoms with Gasteiger partial charge >= 0.3 is 0 Å². The second-order valence-electron chi connectivity index (χ2n) is 9.15. The first-order valence-corrected chi connectivity index (χ1v) is 12.2. The Hall–Kier alpha value is -3.92. The number of para-hydroxylation sites is 1. The number of aromatic amines is 1. The summed E-state index contributed by atoms with van der Waals surface area (Å²) >= 11 is 6.53. The molecule has 4 N–H and O–H groups in total. The Morgan fingerprint density at radius 2 is 2.03 bits per heavy atom. The van der Waals surface area contributed by atoms with Gasteiger partial charge in [0.05, 0.1) is 46.3 Å². The van der Waals surface area contributed by atoms with Crippen molar-refractivity contribution in [1.29, 1.82) is 0 Å². The lowest BCUT2D eigenvalue weighted by atomic mass is 9.83. The number of aromatic nitrogens is 2. The molecule has 1 saturated heterocycles. The van der Waals surface area contributed by atoms with E-state index in [1.165, 1.54) is 0 Å². The van der Waals surface area contributed by atoms with Crippen molar-refractivity contribution < 1.29 is 24.2 Å². The van der Waals surface area contributed by atoms with Crippen LogP contribution in [0, 0.1) is 0 Å². The lowest BCUT2D eigenvalue weighted by molar-refractivity contribution is -0.127. The summed E-state index contributed by atoms with van der Waals surface area (Å²) in [6, 6.07) is 14.2. The van der Waals surface area contributed by atoms with Gasteiger partial charge in [-0.25, -0.2) is 4.98 Å². The van der Waals surface area contributed by atoms with E-state index in [2.05, 4.69) is 20.6 Å². The third kappa shape index (κ3) is 4.11. The van der Waals surface area contributed by atoms with Gasteiger partial charge in [0.2, 0.25) is 5.91 Å². The fourth-order valence-corrected chi connectivity index (χ4v) is 5.19. The van der Waals surface area contributed by atoms with Gasteiger partial charge in [0.1, 0.15) is 22.7 Å². The molecule has 2 aromatic heterocycles. The molecule has 10 heteroatoms. The number of fused-ring (bicyclic) bond motifs is 3. The number of anilines is 2. The van der Waals surface area contributed by atoms with E-state index in [-0.39, 0.29) is 23.3 Å². The Morgan fingerprint density at radius 3 is 2.81 bits per heavy atom. The molecular weight excluding hydrogens is 496 g/mol. The molecule has 4 aromatic rings. The van der Waals surface area contributed by atoms with E-state index < -0.39 is 11.6 Å². The van der Waals surface area contributed by atoms with Crippen LogP contribution < -0.4 is 15.4 Å². The maximum Gasteiger partial charge on any atom is 0.250 e. The number of aliphatic hydroxyl groups is 1. The van der Waals surface area contributed by atoms with E-state index in [1.807, 2.05) is 30.3 Å². The molecule has 0 saturated carbocycles. The topological polar surface area (TPSA) is 126 Å². The van der Waals surface area contributed by atoms with Crippen molar-refractivity contribution >= 4 is 45.7 Å². The van der Waals surface area contributed by atoms with Crippen LogP contribution in [0.25, 0.3) is 11.0 Å². The number of hydrogen-bond acceptors (Lipinski definition) is 7. The van der Waals surface area contributed by atoms with Crippen molar-refractivity contribution in [2.45, 2.75) is 24.5 Å². The van der Waals surface area contributed by atoms with Crippen molar-refractivity contribution in [3.63, 3.8) is 0 Å². The lowest BCUT2D eigenvalue weighted by Gasteiger charge is -2.43. The van der Waals surface area contributed by atoms with Crippen molar-refractivity contribution in [1.82, 2.24) is 9.97 Å². The van der Waals surface area contributed by atoms with Crippen LogP contribution in [0.15, 0.2) is 60.9 Å². The van der Waals surface area contributed by atoms with Gasteiger partial charge in [-0.15, -0.1) is 0 Å². The fourth-order valence-electron chi connectivity index (χ4n) is 4.94. The maximum atomic E-state index is 13.7. The van der Waals surface area contributed by atoms with Crippen LogP contribution in [0.4, 0.5) is 11.4 Å². The third-order valence-electron chi connectivity index (χ3n) is 6.82. The summed E-state index contributed by atoms with van der Waals surface area (Å²) in [4.78, 5) is 34.2. The monoisotopic (exact) mass is 518 g/mol. The number of ketones is 1. The molecule has 2 unspecified atom stereocenters. The highest BCUT2D eigenvalue weighted by Crippen LogP contribution is 2.42.